The van der Waals surface area contributed by atoms with Gasteiger partial charge in [-0.05, 0) is 66.3 Å². The summed E-state index contributed by atoms with van der Waals surface area (Å²) in [5, 5.41) is 3.01. The van der Waals surface area contributed by atoms with Crippen molar-refractivity contribution < 1.29 is 9.53 Å². The Bertz CT molecular complexity index is 1290. The Labute approximate surface area is 215 Å². The summed E-state index contributed by atoms with van der Waals surface area (Å²) in [4.78, 5) is 17.4. The maximum atomic E-state index is 12.6. The van der Waals surface area contributed by atoms with E-state index in [2.05, 4.69) is 76.9 Å². The summed E-state index contributed by atoms with van der Waals surface area (Å²) in [6, 6.07) is 23.9. The largest absolute Gasteiger partial charge is 0.494 e. The standard InChI is InChI=1S/C29H32BrN3O2/c1-29(2,3)22-13-15-24(16-14-22)35-18-7-6-17-33-26-12-5-4-11-25(26)32-27(33)20-31-28(34)21-9-8-10-23(30)19-21/h4-5,8-16,19H,6-7,17-18,20H2,1-3H3,(H,31,34). The highest BCUT2D eigenvalue weighted by Gasteiger charge is 2.14. The van der Waals surface area contributed by atoms with Crippen LogP contribution in [-0.2, 0) is 18.5 Å². The molecular weight excluding hydrogens is 502 g/mol. The Morgan fingerprint density at radius 1 is 1.00 bits per heavy atom. The van der Waals surface area contributed by atoms with Gasteiger partial charge in [0.2, 0.25) is 0 Å². The second-order valence-electron chi connectivity index (χ2n) is 9.69. The van der Waals surface area contributed by atoms with Crippen molar-refractivity contribution in [3.63, 3.8) is 0 Å². The molecule has 0 aliphatic rings. The van der Waals surface area contributed by atoms with Crippen LogP contribution < -0.4 is 10.1 Å². The molecule has 4 aromatic rings. The van der Waals surface area contributed by atoms with Gasteiger partial charge in [0, 0.05) is 16.6 Å². The quantitative estimate of drug-likeness (QED) is 0.238. The lowest BCUT2D eigenvalue weighted by Crippen LogP contribution is -2.24. The van der Waals surface area contributed by atoms with Crippen molar-refractivity contribution in [2.75, 3.05) is 6.61 Å². The molecule has 0 unspecified atom stereocenters. The second-order valence-corrected chi connectivity index (χ2v) is 10.6. The van der Waals surface area contributed by atoms with Gasteiger partial charge in [0.1, 0.15) is 11.6 Å². The van der Waals surface area contributed by atoms with Crippen molar-refractivity contribution in [1.82, 2.24) is 14.9 Å². The zero-order valence-corrected chi connectivity index (χ0v) is 22.1. The smallest absolute Gasteiger partial charge is 0.251 e. The van der Waals surface area contributed by atoms with E-state index in [0.29, 0.717) is 18.7 Å². The number of carbonyl (C=O) groups excluding carboxylic acids is 1. The number of hydrogen-bond acceptors (Lipinski definition) is 3. The molecule has 6 heteroatoms. The first-order valence-electron chi connectivity index (χ1n) is 12.0. The van der Waals surface area contributed by atoms with Crippen molar-refractivity contribution in [3.05, 3.63) is 94.2 Å². The van der Waals surface area contributed by atoms with E-state index in [-0.39, 0.29) is 11.3 Å². The molecule has 0 spiro atoms. The van der Waals surface area contributed by atoms with Gasteiger partial charge in [-0.15, -0.1) is 0 Å². The molecule has 0 saturated heterocycles. The molecule has 35 heavy (non-hydrogen) atoms. The Kier molecular flexibility index (Phi) is 7.91. The molecule has 0 aliphatic heterocycles. The van der Waals surface area contributed by atoms with Gasteiger partial charge >= 0.3 is 0 Å². The normalized spacial score (nSPS) is 11.5. The summed E-state index contributed by atoms with van der Waals surface area (Å²) >= 11 is 3.42. The molecule has 1 N–H and O–H groups in total. The number of amides is 1. The number of hydrogen-bond donors (Lipinski definition) is 1. The highest BCUT2D eigenvalue weighted by atomic mass is 79.9. The van der Waals surface area contributed by atoms with Crippen LogP contribution in [0.15, 0.2) is 77.3 Å². The van der Waals surface area contributed by atoms with Crippen LogP contribution in [0.2, 0.25) is 0 Å². The third-order valence-electron chi connectivity index (χ3n) is 5.99. The Hall–Kier alpha value is -3.12. The van der Waals surface area contributed by atoms with Gasteiger partial charge in [0.05, 0.1) is 24.2 Å². The van der Waals surface area contributed by atoms with Crippen LogP contribution >= 0.6 is 15.9 Å². The lowest BCUT2D eigenvalue weighted by molar-refractivity contribution is 0.0949. The summed E-state index contributed by atoms with van der Waals surface area (Å²) in [7, 11) is 0. The molecule has 0 atom stereocenters. The summed E-state index contributed by atoms with van der Waals surface area (Å²) in [5.74, 6) is 1.64. The number of benzene rings is 3. The van der Waals surface area contributed by atoms with Crippen molar-refractivity contribution in [1.29, 1.82) is 0 Å². The first-order valence-corrected chi connectivity index (χ1v) is 12.8. The molecule has 1 heterocycles. The molecule has 0 fully saturated rings. The Morgan fingerprint density at radius 3 is 2.51 bits per heavy atom. The van der Waals surface area contributed by atoms with Crippen LogP contribution in [0.4, 0.5) is 0 Å². The first-order chi connectivity index (χ1) is 16.8. The molecule has 0 radical (unpaired) electrons. The maximum absolute atomic E-state index is 12.6. The van der Waals surface area contributed by atoms with Crippen LogP contribution in [-0.4, -0.2) is 22.1 Å². The molecule has 0 bridgehead atoms. The average molecular weight is 534 g/mol. The highest BCUT2D eigenvalue weighted by Crippen LogP contribution is 2.24. The molecule has 0 aliphatic carbocycles. The van der Waals surface area contributed by atoms with E-state index >= 15 is 0 Å². The molecule has 182 valence electrons. The highest BCUT2D eigenvalue weighted by molar-refractivity contribution is 9.10. The van der Waals surface area contributed by atoms with Crippen LogP contribution in [0.5, 0.6) is 5.75 Å². The number of carbonyl (C=O) groups is 1. The molecule has 4 rings (SSSR count). The van der Waals surface area contributed by atoms with E-state index in [1.807, 2.05) is 36.4 Å². The minimum Gasteiger partial charge on any atom is -0.494 e. The number of rotatable bonds is 9. The van der Waals surface area contributed by atoms with Gasteiger partial charge in [-0.25, -0.2) is 4.98 Å². The molecule has 1 aromatic heterocycles. The van der Waals surface area contributed by atoms with Gasteiger partial charge in [-0.3, -0.25) is 4.79 Å². The average Bonchev–Trinajstić information content (AvgIpc) is 3.19. The summed E-state index contributed by atoms with van der Waals surface area (Å²) in [5.41, 5.74) is 4.08. The van der Waals surface area contributed by atoms with E-state index in [9.17, 15) is 4.79 Å². The van der Waals surface area contributed by atoms with E-state index in [1.54, 1.807) is 6.07 Å². The number of aromatic nitrogens is 2. The van der Waals surface area contributed by atoms with E-state index in [0.717, 1.165) is 46.5 Å². The van der Waals surface area contributed by atoms with Gasteiger partial charge in [0.25, 0.3) is 5.91 Å². The molecule has 0 saturated carbocycles. The lowest BCUT2D eigenvalue weighted by Gasteiger charge is -2.19. The van der Waals surface area contributed by atoms with E-state index in [1.165, 1.54) is 5.56 Å². The fourth-order valence-corrected chi connectivity index (χ4v) is 4.41. The minimum absolute atomic E-state index is 0.115. The van der Waals surface area contributed by atoms with Gasteiger partial charge in [-0.2, -0.15) is 0 Å². The van der Waals surface area contributed by atoms with Crippen molar-refractivity contribution in [3.8, 4) is 5.75 Å². The number of halogens is 1. The van der Waals surface area contributed by atoms with Crippen LogP contribution in [0, 0.1) is 0 Å². The summed E-state index contributed by atoms with van der Waals surface area (Å²) in [6.45, 7) is 8.48. The fourth-order valence-electron chi connectivity index (χ4n) is 4.01. The van der Waals surface area contributed by atoms with Crippen LogP contribution in [0.1, 0.15) is 55.4 Å². The van der Waals surface area contributed by atoms with E-state index < -0.39 is 0 Å². The van der Waals surface area contributed by atoms with Crippen molar-refractivity contribution in [2.24, 2.45) is 0 Å². The minimum atomic E-state index is -0.115. The van der Waals surface area contributed by atoms with Crippen LogP contribution in [0.3, 0.4) is 0 Å². The number of fused-ring (bicyclic) bond motifs is 1. The molecular formula is C29H32BrN3O2. The maximum Gasteiger partial charge on any atom is 0.251 e. The van der Waals surface area contributed by atoms with Gasteiger partial charge < -0.3 is 14.6 Å². The number of para-hydroxylation sites is 2. The fraction of sp³-hybridized carbons (Fsp3) is 0.310. The Morgan fingerprint density at radius 2 is 1.77 bits per heavy atom. The zero-order valence-electron chi connectivity index (χ0n) is 20.6. The zero-order chi connectivity index (χ0) is 24.8. The van der Waals surface area contributed by atoms with Gasteiger partial charge in [0.15, 0.2) is 0 Å². The number of unbranched alkanes of at least 4 members (excludes halogenated alkanes) is 1. The number of nitrogens with one attached hydrogen (secondary N) is 1. The predicted molar refractivity (Wildman–Crippen MR) is 145 cm³/mol. The SMILES string of the molecule is CC(C)(C)c1ccc(OCCCCn2c(CNC(=O)c3cccc(Br)c3)nc3ccccc32)cc1. The number of ether oxygens (including phenoxy) is 1. The predicted octanol–water partition coefficient (Wildman–Crippen LogP) is 6.89. The number of imidazole rings is 1. The number of nitrogens with zero attached hydrogens (tertiary/aromatic N) is 2. The monoisotopic (exact) mass is 533 g/mol. The van der Waals surface area contributed by atoms with Crippen LogP contribution in [0.25, 0.3) is 11.0 Å². The van der Waals surface area contributed by atoms with Crippen molar-refractivity contribution >= 4 is 32.9 Å². The molecule has 5 nitrogen and oxygen atoms in total. The lowest BCUT2D eigenvalue weighted by atomic mass is 9.87. The Balaban J connectivity index is 1.34. The summed E-state index contributed by atoms with van der Waals surface area (Å²) < 4.78 is 9.05. The molecule has 3 aromatic carbocycles. The molecule has 1 amide bonds. The van der Waals surface area contributed by atoms with Gasteiger partial charge in [-0.1, -0.05) is 67.0 Å². The van der Waals surface area contributed by atoms with Crippen molar-refractivity contribution in [2.45, 2.75) is 52.1 Å². The first kappa shape index (κ1) is 25.0. The number of aryl methyl sites for hydroxylation is 1. The second kappa shape index (κ2) is 11.1. The topological polar surface area (TPSA) is 56.1 Å². The van der Waals surface area contributed by atoms with E-state index in [4.69, 9.17) is 9.72 Å². The third-order valence-corrected chi connectivity index (χ3v) is 6.49. The third kappa shape index (κ3) is 6.51. The summed E-state index contributed by atoms with van der Waals surface area (Å²) in [6.07, 6.45) is 1.88.